The standard InChI is InChI=1S/C28H26/c1-4-27(19-20(2)24-17-11-12-18-25(24)27)28(23-15-9-6-10-16-23)21(3)26(28)22-13-7-5-8-14-22/h5-19H,4H2,1-3H3. The van der Waals surface area contributed by atoms with Crippen molar-refractivity contribution in [3.8, 4) is 0 Å². The zero-order valence-corrected chi connectivity index (χ0v) is 16.9. The maximum absolute atomic E-state index is 2.56. The number of benzene rings is 3. The van der Waals surface area contributed by atoms with E-state index in [-0.39, 0.29) is 10.8 Å². The molecule has 0 heteroatoms. The largest absolute Gasteiger partial charge is 0.0688 e. The zero-order chi connectivity index (χ0) is 19.4. The van der Waals surface area contributed by atoms with Gasteiger partial charge in [-0.05, 0) is 53.7 Å². The predicted molar refractivity (Wildman–Crippen MR) is 119 cm³/mol. The van der Waals surface area contributed by atoms with Crippen LogP contribution in [0.1, 0.15) is 49.4 Å². The summed E-state index contributed by atoms with van der Waals surface area (Å²) in [7, 11) is 0. The van der Waals surface area contributed by atoms with E-state index in [1.807, 2.05) is 0 Å². The number of hydrogen-bond donors (Lipinski definition) is 0. The number of fused-ring (bicyclic) bond motifs is 1. The van der Waals surface area contributed by atoms with Gasteiger partial charge in [0.2, 0.25) is 0 Å². The van der Waals surface area contributed by atoms with Gasteiger partial charge in [-0.15, -0.1) is 0 Å². The van der Waals surface area contributed by atoms with Crippen LogP contribution in [0.3, 0.4) is 0 Å². The van der Waals surface area contributed by atoms with Gasteiger partial charge in [0.25, 0.3) is 0 Å². The van der Waals surface area contributed by atoms with Gasteiger partial charge in [0.15, 0.2) is 0 Å². The Morgan fingerprint density at radius 1 is 0.714 bits per heavy atom. The fraction of sp³-hybridized carbons (Fsp3) is 0.214. The Morgan fingerprint density at radius 2 is 1.32 bits per heavy atom. The van der Waals surface area contributed by atoms with Crippen molar-refractivity contribution in [3.63, 3.8) is 0 Å². The van der Waals surface area contributed by atoms with Crippen LogP contribution >= 0.6 is 0 Å². The lowest BCUT2D eigenvalue weighted by Gasteiger charge is -2.41. The summed E-state index contributed by atoms with van der Waals surface area (Å²) in [5.74, 6) is 0. The Morgan fingerprint density at radius 3 is 2.00 bits per heavy atom. The second kappa shape index (κ2) is 6.07. The Labute approximate surface area is 168 Å². The molecular weight excluding hydrogens is 336 g/mol. The fourth-order valence-corrected chi connectivity index (χ4v) is 5.92. The molecule has 0 bridgehead atoms. The lowest BCUT2D eigenvalue weighted by Crippen LogP contribution is -2.40. The maximum atomic E-state index is 2.56. The summed E-state index contributed by atoms with van der Waals surface area (Å²) >= 11 is 0. The van der Waals surface area contributed by atoms with Crippen LogP contribution in [0.5, 0.6) is 0 Å². The first-order valence-corrected chi connectivity index (χ1v) is 10.3. The van der Waals surface area contributed by atoms with E-state index in [2.05, 4.69) is 112 Å². The molecule has 2 atom stereocenters. The molecule has 3 aromatic rings. The molecule has 0 saturated carbocycles. The van der Waals surface area contributed by atoms with Gasteiger partial charge in [0, 0.05) is 5.41 Å². The Kier molecular flexibility index (Phi) is 3.74. The SMILES string of the molecule is CCC1(C2(c3ccccc3)C(C)=C2c2ccccc2)C=C(C)c2ccccc21. The van der Waals surface area contributed by atoms with Crippen LogP contribution in [0.25, 0.3) is 11.1 Å². The molecule has 2 aliphatic rings. The van der Waals surface area contributed by atoms with Crippen LogP contribution in [0, 0.1) is 0 Å². The van der Waals surface area contributed by atoms with E-state index in [1.54, 1.807) is 0 Å². The van der Waals surface area contributed by atoms with Crippen LogP contribution in [0.2, 0.25) is 0 Å². The third kappa shape index (κ3) is 2.01. The van der Waals surface area contributed by atoms with Gasteiger partial charge in [-0.3, -0.25) is 0 Å². The molecule has 2 unspecified atom stereocenters. The summed E-state index contributed by atoms with van der Waals surface area (Å²) in [4.78, 5) is 0. The minimum absolute atomic E-state index is 0.0374. The lowest BCUT2D eigenvalue weighted by atomic mass is 9.60. The van der Waals surface area contributed by atoms with Crippen molar-refractivity contribution in [2.24, 2.45) is 0 Å². The molecule has 0 spiro atoms. The van der Waals surface area contributed by atoms with Gasteiger partial charge in [-0.2, -0.15) is 0 Å². The summed E-state index contributed by atoms with van der Waals surface area (Å²) < 4.78 is 0. The van der Waals surface area contributed by atoms with Crippen LogP contribution in [0.15, 0.2) is 96.6 Å². The van der Waals surface area contributed by atoms with E-state index < -0.39 is 0 Å². The summed E-state index contributed by atoms with van der Waals surface area (Å²) in [5.41, 5.74) is 9.95. The van der Waals surface area contributed by atoms with Crippen molar-refractivity contribution >= 4 is 11.1 Å². The van der Waals surface area contributed by atoms with Crippen molar-refractivity contribution in [1.29, 1.82) is 0 Å². The molecule has 28 heavy (non-hydrogen) atoms. The van der Waals surface area contributed by atoms with Crippen LogP contribution in [0.4, 0.5) is 0 Å². The highest BCUT2D eigenvalue weighted by atomic mass is 14.7. The molecule has 0 aromatic heterocycles. The smallest absolute Gasteiger partial charge is 0.0552 e. The van der Waals surface area contributed by atoms with Gasteiger partial charge in [-0.25, -0.2) is 0 Å². The molecule has 0 amide bonds. The Bertz CT molecular complexity index is 1100. The molecule has 0 N–H and O–H groups in total. The zero-order valence-electron chi connectivity index (χ0n) is 16.9. The molecule has 5 rings (SSSR count). The van der Waals surface area contributed by atoms with E-state index in [1.165, 1.54) is 39.0 Å². The highest BCUT2D eigenvalue weighted by Gasteiger charge is 2.65. The minimum atomic E-state index is -0.0712. The second-order valence-corrected chi connectivity index (χ2v) is 8.18. The Hall–Kier alpha value is -2.86. The molecule has 3 aromatic carbocycles. The molecule has 2 aliphatic carbocycles. The van der Waals surface area contributed by atoms with Gasteiger partial charge in [-0.1, -0.05) is 104 Å². The summed E-state index contributed by atoms with van der Waals surface area (Å²) in [6.07, 6.45) is 3.63. The molecule has 0 radical (unpaired) electrons. The molecule has 138 valence electrons. The van der Waals surface area contributed by atoms with E-state index in [0.717, 1.165) is 6.42 Å². The first-order chi connectivity index (χ1) is 13.7. The highest BCUT2D eigenvalue weighted by molar-refractivity contribution is 6.00. The van der Waals surface area contributed by atoms with Crippen molar-refractivity contribution in [2.45, 2.75) is 38.0 Å². The molecule has 0 saturated heterocycles. The average molecular weight is 363 g/mol. The van der Waals surface area contributed by atoms with Crippen molar-refractivity contribution in [1.82, 2.24) is 0 Å². The van der Waals surface area contributed by atoms with E-state index in [9.17, 15) is 0 Å². The van der Waals surface area contributed by atoms with Crippen LogP contribution < -0.4 is 0 Å². The molecule has 0 aliphatic heterocycles. The van der Waals surface area contributed by atoms with Crippen LogP contribution in [-0.4, -0.2) is 0 Å². The fourth-order valence-electron chi connectivity index (χ4n) is 5.92. The third-order valence-corrected chi connectivity index (χ3v) is 7.04. The Balaban J connectivity index is 1.81. The maximum Gasteiger partial charge on any atom is 0.0552 e. The van der Waals surface area contributed by atoms with E-state index in [4.69, 9.17) is 0 Å². The first-order valence-electron chi connectivity index (χ1n) is 10.3. The highest BCUT2D eigenvalue weighted by Crippen LogP contribution is 2.71. The number of rotatable bonds is 4. The quantitative estimate of drug-likeness (QED) is 0.461. The molecule has 0 heterocycles. The second-order valence-electron chi connectivity index (χ2n) is 8.18. The van der Waals surface area contributed by atoms with E-state index in [0.29, 0.717) is 0 Å². The van der Waals surface area contributed by atoms with Gasteiger partial charge >= 0.3 is 0 Å². The molecular formula is C28H26. The lowest BCUT2D eigenvalue weighted by molar-refractivity contribution is 0.423. The summed E-state index contributed by atoms with van der Waals surface area (Å²) in [5, 5.41) is 0. The predicted octanol–water partition coefficient (Wildman–Crippen LogP) is 7.18. The van der Waals surface area contributed by atoms with E-state index >= 15 is 0 Å². The van der Waals surface area contributed by atoms with Crippen molar-refractivity contribution < 1.29 is 0 Å². The minimum Gasteiger partial charge on any atom is -0.0688 e. The normalized spacial score (nSPS) is 25.5. The topological polar surface area (TPSA) is 0 Å². The monoisotopic (exact) mass is 362 g/mol. The molecule has 0 nitrogen and oxygen atoms in total. The number of allylic oxidation sites excluding steroid dienone is 4. The van der Waals surface area contributed by atoms with Crippen molar-refractivity contribution in [2.75, 3.05) is 0 Å². The average Bonchev–Trinajstić information content (AvgIpc) is 3.28. The first kappa shape index (κ1) is 17.3. The van der Waals surface area contributed by atoms with Crippen LogP contribution in [-0.2, 0) is 10.8 Å². The summed E-state index contributed by atoms with van der Waals surface area (Å²) in [6, 6.07) is 31.1. The van der Waals surface area contributed by atoms with Crippen molar-refractivity contribution in [3.05, 3.63) is 119 Å². The van der Waals surface area contributed by atoms with Gasteiger partial charge in [0.05, 0.1) is 5.41 Å². The van der Waals surface area contributed by atoms with Gasteiger partial charge in [0.1, 0.15) is 0 Å². The summed E-state index contributed by atoms with van der Waals surface area (Å²) in [6.45, 7) is 6.97. The molecule has 0 fully saturated rings. The number of hydrogen-bond acceptors (Lipinski definition) is 0. The van der Waals surface area contributed by atoms with Gasteiger partial charge < -0.3 is 0 Å². The third-order valence-electron chi connectivity index (χ3n) is 7.04.